The number of nitrogens with one attached hydrogen (secondary N) is 1. The van der Waals surface area contributed by atoms with Crippen LogP contribution in [0.3, 0.4) is 0 Å². The Morgan fingerprint density at radius 3 is 2.71 bits per heavy atom. The predicted octanol–water partition coefficient (Wildman–Crippen LogP) is 3.41. The first-order valence-corrected chi connectivity index (χ1v) is 7.36. The van der Waals surface area contributed by atoms with E-state index in [1.807, 2.05) is 25.0 Å². The maximum atomic E-state index is 4.31. The molecule has 17 heavy (non-hydrogen) atoms. The van der Waals surface area contributed by atoms with E-state index in [0.29, 0.717) is 6.04 Å². The lowest BCUT2D eigenvalue weighted by atomic mass is 9.84. The Kier molecular flexibility index (Phi) is 4.62. The molecular formula is C13H22BrN3. The fourth-order valence-corrected chi connectivity index (χ4v) is 3.56. The Bertz CT molecular complexity index is 336. The highest BCUT2D eigenvalue weighted by Gasteiger charge is 2.22. The molecule has 0 spiro atoms. The van der Waals surface area contributed by atoms with Gasteiger partial charge in [-0.25, -0.2) is 0 Å². The molecule has 2 rings (SSSR count). The second-order valence-electron chi connectivity index (χ2n) is 5.08. The summed E-state index contributed by atoms with van der Waals surface area (Å²) in [5.74, 6) is 0.878. The van der Waals surface area contributed by atoms with Crippen LogP contribution >= 0.6 is 15.9 Å². The van der Waals surface area contributed by atoms with E-state index in [4.69, 9.17) is 0 Å². The van der Waals surface area contributed by atoms with Crippen molar-refractivity contribution in [1.82, 2.24) is 15.1 Å². The minimum absolute atomic E-state index is 0.417. The van der Waals surface area contributed by atoms with Crippen LogP contribution in [0.4, 0.5) is 0 Å². The van der Waals surface area contributed by atoms with Crippen LogP contribution < -0.4 is 5.32 Å². The highest BCUT2D eigenvalue weighted by molar-refractivity contribution is 9.10. The summed E-state index contributed by atoms with van der Waals surface area (Å²) in [6, 6.07) is 0.417. The van der Waals surface area contributed by atoms with Crippen LogP contribution in [0.25, 0.3) is 0 Å². The zero-order valence-electron chi connectivity index (χ0n) is 10.7. The van der Waals surface area contributed by atoms with Gasteiger partial charge in [-0.15, -0.1) is 0 Å². The van der Waals surface area contributed by atoms with E-state index in [2.05, 4.69) is 26.3 Å². The number of hydrogen-bond acceptors (Lipinski definition) is 2. The molecule has 1 heterocycles. The first-order chi connectivity index (χ1) is 8.22. The largest absolute Gasteiger partial charge is 0.312 e. The van der Waals surface area contributed by atoms with Gasteiger partial charge in [-0.2, -0.15) is 5.10 Å². The van der Waals surface area contributed by atoms with Crippen molar-refractivity contribution in [2.45, 2.75) is 44.6 Å². The second kappa shape index (κ2) is 6.01. The number of hydrogen-bond donors (Lipinski definition) is 1. The highest BCUT2D eigenvalue weighted by Crippen LogP contribution is 2.33. The maximum Gasteiger partial charge on any atom is 0.0692 e. The molecule has 0 saturated heterocycles. The molecule has 3 nitrogen and oxygen atoms in total. The summed E-state index contributed by atoms with van der Waals surface area (Å²) >= 11 is 3.60. The molecule has 0 aliphatic heterocycles. The minimum atomic E-state index is 0.417. The lowest BCUT2D eigenvalue weighted by molar-refractivity contribution is 0.300. The Hall–Kier alpha value is -0.350. The highest BCUT2D eigenvalue weighted by atomic mass is 79.9. The van der Waals surface area contributed by atoms with E-state index in [1.54, 1.807) is 0 Å². The normalized spacial score (nSPS) is 19.5. The third kappa shape index (κ3) is 3.10. The van der Waals surface area contributed by atoms with Crippen LogP contribution in [0.2, 0.25) is 0 Å². The molecule has 0 amide bonds. The summed E-state index contributed by atoms with van der Waals surface area (Å²) < 4.78 is 3.10. The molecule has 1 fully saturated rings. The van der Waals surface area contributed by atoms with Crippen LogP contribution in [0.5, 0.6) is 0 Å². The van der Waals surface area contributed by atoms with Gasteiger partial charge in [0.05, 0.1) is 22.4 Å². The van der Waals surface area contributed by atoms with Crippen molar-refractivity contribution in [2.75, 3.05) is 7.05 Å². The van der Waals surface area contributed by atoms with Gasteiger partial charge in [0, 0.05) is 7.05 Å². The Balaban J connectivity index is 2.05. The monoisotopic (exact) mass is 299 g/mol. The van der Waals surface area contributed by atoms with Crippen molar-refractivity contribution in [1.29, 1.82) is 0 Å². The molecule has 1 saturated carbocycles. The molecule has 96 valence electrons. The summed E-state index contributed by atoms with van der Waals surface area (Å²) in [6.07, 6.45) is 10.2. The zero-order valence-corrected chi connectivity index (χ0v) is 12.3. The van der Waals surface area contributed by atoms with Gasteiger partial charge in [-0.3, -0.25) is 4.68 Å². The topological polar surface area (TPSA) is 29.9 Å². The summed E-state index contributed by atoms with van der Waals surface area (Å²) in [6.45, 7) is 0. The number of aryl methyl sites for hydroxylation is 1. The molecule has 1 aliphatic carbocycles. The molecule has 0 radical (unpaired) electrons. The molecule has 1 aliphatic rings. The molecule has 0 aromatic carbocycles. The van der Waals surface area contributed by atoms with E-state index in [0.717, 1.165) is 10.4 Å². The molecule has 1 unspecified atom stereocenters. The van der Waals surface area contributed by atoms with Gasteiger partial charge in [-0.1, -0.05) is 32.1 Å². The average molecular weight is 300 g/mol. The summed E-state index contributed by atoms with van der Waals surface area (Å²) in [5, 5.41) is 7.75. The van der Waals surface area contributed by atoms with Gasteiger partial charge in [0.2, 0.25) is 0 Å². The van der Waals surface area contributed by atoms with E-state index < -0.39 is 0 Å². The van der Waals surface area contributed by atoms with Gasteiger partial charge in [-0.05, 0) is 35.3 Å². The first-order valence-electron chi connectivity index (χ1n) is 6.57. The van der Waals surface area contributed by atoms with Crippen molar-refractivity contribution in [3.63, 3.8) is 0 Å². The Morgan fingerprint density at radius 2 is 2.18 bits per heavy atom. The number of aromatic nitrogens is 2. The van der Waals surface area contributed by atoms with Crippen molar-refractivity contribution < 1.29 is 0 Å². The third-order valence-electron chi connectivity index (χ3n) is 3.91. The third-order valence-corrected chi connectivity index (χ3v) is 4.52. The minimum Gasteiger partial charge on any atom is -0.312 e. The van der Waals surface area contributed by atoms with E-state index in [1.165, 1.54) is 44.2 Å². The summed E-state index contributed by atoms with van der Waals surface area (Å²) in [5.41, 5.74) is 1.28. The fourth-order valence-electron chi connectivity index (χ4n) is 2.93. The van der Waals surface area contributed by atoms with Crippen LogP contribution in [0.15, 0.2) is 10.7 Å². The molecule has 1 aromatic heterocycles. The quantitative estimate of drug-likeness (QED) is 0.923. The standard InChI is InChI=1S/C13H22BrN3/c1-15-12(8-10-6-4-3-5-7-10)13-11(14)9-16-17(13)2/h9-10,12,15H,3-8H2,1-2H3. The maximum absolute atomic E-state index is 4.31. The predicted molar refractivity (Wildman–Crippen MR) is 73.9 cm³/mol. The molecule has 4 heteroatoms. The SMILES string of the molecule is CNC(CC1CCCCC1)c1c(Br)cnn1C. The van der Waals surface area contributed by atoms with E-state index >= 15 is 0 Å². The fraction of sp³-hybridized carbons (Fsp3) is 0.769. The van der Waals surface area contributed by atoms with Crippen molar-refractivity contribution in [2.24, 2.45) is 13.0 Å². The van der Waals surface area contributed by atoms with E-state index in [9.17, 15) is 0 Å². The number of halogens is 1. The van der Waals surface area contributed by atoms with Crippen LogP contribution in [-0.4, -0.2) is 16.8 Å². The van der Waals surface area contributed by atoms with Gasteiger partial charge in [0.15, 0.2) is 0 Å². The van der Waals surface area contributed by atoms with Crippen molar-refractivity contribution in [3.05, 3.63) is 16.4 Å². The average Bonchev–Trinajstić information content (AvgIpc) is 2.68. The van der Waals surface area contributed by atoms with Crippen molar-refractivity contribution in [3.8, 4) is 0 Å². The van der Waals surface area contributed by atoms with E-state index in [-0.39, 0.29) is 0 Å². The van der Waals surface area contributed by atoms with Crippen LogP contribution in [-0.2, 0) is 7.05 Å². The molecule has 1 aromatic rings. The van der Waals surface area contributed by atoms with Gasteiger partial charge in [0.1, 0.15) is 0 Å². The summed E-state index contributed by atoms with van der Waals surface area (Å²) in [7, 11) is 4.07. The second-order valence-corrected chi connectivity index (χ2v) is 5.94. The van der Waals surface area contributed by atoms with Gasteiger partial charge < -0.3 is 5.32 Å². The number of nitrogens with zero attached hydrogens (tertiary/aromatic N) is 2. The molecule has 1 atom stereocenters. The Morgan fingerprint density at radius 1 is 1.47 bits per heavy atom. The molecular weight excluding hydrogens is 278 g/mol. The van der Waals surface area contributed by atoms with Crippen molar-refractivity contribution >= 4 is 15.9 Å². The Labute approximate surface area is 112 Å². The lowest BCUT2D eigenvalue weighted by Gasteiger charge is -2.26. The number of rotatable bonds is 4. The zero-order chi connectivity index (χ0) is 12.3. The van der Waals surface area contributed by atoms with Gasteiger partial charge in [0.25, 0.3) is 0 Å². The van der Waals surface area contributed by atoms with Crippen LogP contribution in [0.1, 0.15) is 50.3 Å². The van der Waals surface area contributed by atoms with Crippen LogP contribution in [0, 0.1) is 5.92 Å². The first kappa shape index (κ1) is 13.1. The molecule has 1 N–H and O–H groups in total. The smallest absolute Gasteiger partial charge is 0.0692 e. The lowest BCUT2D eigenvalue weighted by Crippen LogP contribution is -2.23. The summed E-state index contributed by atoms with van der Waals surface area (Å²) in [4.78, 5) is 0. The molecule has 0 bridgehead atoms. The van der Waals surface area contributed by atoms with Gasteiger partial charge >= 0.3 is 0 Å².